The summed E-state index contributed by atoms with van der Waals surface area (Å²) in [5, 5.41) is 24.3. The third-order valence-corrected chi connectivity index (χ3v) is 6.36. The van der Waals surface area contributed by atoms with Crippen molar-refractivity contribution < 1.29 is 9.72 Å². The summed E-state index contributed by atoms with van der Waals surface area (Å²) >= 11 is 4.68. The molecule has 0 atom stereocenters. The molecule has 0 bridgehead atoms. The normalized spacial score (nSPS) is 11.3. The maximum atomic E-state index is 12.5. The molecule has 176 valence electrons. The van der Waals surface area contributed by atoms with Gasteiger partial charge in [0.05, 0.1) is 16.4 Å². The van der Waals surface area contributed by atoms with Gasteiger partial charge in [-0.25, -0.2) is 5.43 Å². The van der Waals surface area contributed by atoms with E-state index >= 15 is 0 Å². The minimum atomic E-state index is -0.475. The van der Waals surface area contributed by atoms with Gasteiger partial charge in [0, 0.05) is 33.4 Å². The zero-order valence-electron chi connectivity index (χ0n) is 18.5. The molecular formula is C24H19BrN6O3S. The Morgan fingerprint density at radius 2 is 1.83 bits per heavy atom. The molecule has 0 unspecified atom stereocenters. The lowest BCUT2D eigenvalue weighted by molar-refractivity contribution is -0.384. The SMILES string of the molecule is C/C(=N/NC(=O)CSc1nnc(-c2ccccc2)n1-c1ccc(Br)cc1)c1cccc([N+](=O)[O-])c1. The molecule has 9 nitrogen and oxygen atoms in total. The van der Waals surface area contributed by atoms with Crippen molar-refractivity contribution in [2.75, 3.05) is 5.75 Å². The molecule has 0 radical (unpaired) electrons. The van der Waals surface area contributed by atoms with Crippen LogP contribution in [0, 0.1) is 10.1 Å². The van der Waals surface area contributed by atoms with Crippen LogP contribution in [-0.4, -0.2) is 37.1 Å². The van der Waals surface area contributed by atoms with Crippen LogP contribution in [0.1, 0.15) is 12.5 Å². The number of amides is 1. The number of hydrazone groups is 1. The monoisotopic (exact) mass is 550 g/mol. The van der Waals surface area contributed by atoms with Crippen LogP contribution in [0.5, 0.6) is 0 Å². The molecule has 3 aromatic carbocycles. The van der Waals surface area contributed by atoms with Gasteiger partial charge in [-0.2, -0.15) is 5.10 Å². The van der Waals surface area contributed by atoms with E-state index in [0.717, 1.165) is 15.7 Å². The van der Waals surface area contributed by atoms with Crippen LogP contribution >= 0.6 is 27.7 Å². The molecule has 11 heteroatoms. The highest BCUT2D eigenvalue weighted by Crippen LogP contribution is 2.28. The van der Waals surface area contributed by atoms with E-state index in [1.165, 1.54) is 23.9 Å². The lowest BCUT2D eigenvalue weighted by Crippen LogP contribution is -2.21. The van der Waals surface area contributed by atoms with Gasteiger partial charge in [0.2, 0.25) is 0 Å². The number of nitro groups is 1. The van der Waals surface area contributed by atoms with Gasteiger partial charge in [0.15, 0.2) is 11.0 Å². The minimum Gasteiger partial charge on any atom is -0.272 e. The highest BCUT2D eigenvalue weighted by molar-refractivity contribution is 9.10. The molecule has 0 saturated heterocycles. The molecule has 0 aliphatic heterocycles. The second-order valence-corrected chi connectivity index (χ2v) is 9.17. The zero-order chi connectivity index (χ0) is 24.8. The van der Waals surface area contributed by atoms with Gasteiger partial charge in [-0.15, -0.1) is 10.2 Å². The maximum absolute atomic E-state index is 12.5. The second-order valence-electron chi connectivity index (χ2n) is 7.31. The van der Waals surface area contributed by atoms with Crippen molar-refractivity contribution in [3.8, 4) is 17.1 Å². The van der Waals surface area contributed by atoms with Crippen LogP contribution in [0.4, 0.5) is 5.69 Å². The predicted octanol–water partition coefficient (Wildman–Crippen LogP) is 5.24. The summed E-state index contributed by atoms with van der Waals surface area (Å²) in [5.74, 6) is 0.372. The Morgan fingerprint density at radius 3 is 2.54 bits per heavy atom. The second kappa shape index (κ2) is 11.1. The third kappa shape index (κ3) is 6.00. The van der Waals surface area contributed by atoms with Crippen LogP contribution in [0.15, 0.2) is 93.6 Å². The lowest BCUT2D eigenvalue weighted by atomic mass is 10.1. The van der Waals surface area contributed by atoms with E-state index in [4.69, 9.17) is 0 Å². The minimum absolute atomic E-state index is 0.0413. The molecule has 0 saturated carbocycles. The fourth-order valence-electron chi connectivity index (χ4n) is 3.18. The van der Waals surface area contributed by atoms with Crippen molar-refractivity contribution >= 4 is 45.0 Å². The van der Waals surface area contributed by atoms with Crippen LogP contribution < -0.4 is 5.43 Å². The first kappa shape index (κ1) is 24.3. The van der Waals surface area contributed by atoms with Gasteiger partial charge in [-0.3, -0.25) is 19.5 Å². The van der Waals surface area contributed by atoms with E-state index in [1.807, 2.05) is 59.2 Å². The molecule has 1 N–H and O–H groups in total. The van der Waals surface area contributed by atoms with E-state index in [9.17, 15) is 14.9 Å². The van der Waals surface area contributed by atoms with Crippen molar-refractivity contribution in [1.82, 2.24) is 20.2 Å². The molecule has 35 heavy (non-hydrogen) atoms. The Hall–Kier alpha value is -3.83. The Balaban J connectivity index is 1.50. The average Bonchev–Trinajstić information content (AvgIpc) is 3.31. The smallest absolute Gasteiger partial charge is 0.270 e. The molecule has 0 spiro atoms. The number of carbonyl (C=O) groups excluding carboxylic acids is 1. The van der Waals surface area contributed by atoms with Crippen LogP contribution in [-0.2, 0) is 4.79 Å². The lowest BCUT2D eigenvalue weighted by Gasteiger charge is -2.10. The highest BCUT2D eigenvalue weighted by atomic mass is 79.9. The molecule has 1 aromatic heterocycles. The number of hydrogen-bond acceptors (Lipinski definition) is 7. The van der Waals surface area contributed by atoms with Gasteiger partial charge >= 0.3 is 0 Å². The van der Waals surface area contributed by atoms with Gasteiger partial charge < -0.3 is 0 Å². The number of rotatable bonds is 8. The van der Waals surface area contributed by atoms with E-state index in [2.05, 4.69) is 36.7 Å². The summed E-state index contributed by atoms with van der Waals surface area (Å²) in [6.45, 7) is 1.67. The topological polar surface area (TPSA) is 115 Å². The first-order valence-corrected chi connectivity index (χ1v) is 12.2. The molecule has 1 amide bonds. The van der Waals surface area contributed by atoms with Gasteiger partial charge in [0.1, 0.15) is 0 Å². The summed E-state index contributed by atoms with van der Waals surface area (Å²) in [6.07, 6.45) is 0. The van der Waals surface area contributed by atoms with Crippen LogP contribution in [0.3, 0.4) is 0 Å². The molecule has 4 aromatic rings. The number of non-ortho nitro benzene ring substituents is 1. The van der Waals surface area contributed by atoms with Gasteiger partial charge in [0.25, 0.3) is 11.6 Å². The Morgan fingerprint density at radius 1 is 1.09 bits per heavy atom. The predicted molar refractivity (Wildman–Crippen MR) is 139 cm³/mol. The zero-order valence-corrected chi connectivity index (χ0v) is 20.9. The average molecular weight is 551 g/mol. The summed E-state index contributed by atoms with van der Waals surface area (Å²) < 4.78 is 2.85. The first-order chi connectivity index (χ1) is 16.9. The number of benzene rings is 3. The van der Waals surface area contributed by atoms with Crippen molar-refractivity contribution in [2.45, 2.75) is 12.1 Å². The molecule has 0 fully saturated rings. The van der Waals surface area contributed by atoms with E-state index in [1.54, 1.807) is 19.1 Å². The molecule has 0 aliphatic carbocycles. The standard InChI is InChI=1S/C24H19BrN6O3S/c1-16(18-8-5-9-21(14-18)31(33)34)26-27-22(32)15-35-24-29-28-23(17-6-3-2-4-7-17)30(24)20-12-10-19(25)11-13-20/h2-14H,15H2,1H3,(H,27,32)/b26-16-. The van der Waals surface area contributed by atoms with Crippen LogP contribution in [0.2, 0.25) is 0 Å². The van der Waals surface area contributed by atoms with Crippen molar-refractivity contribution in [3.63, 3.8) is 0 Å². The maximum Gasteiger partial charge on any atom is 0.270 e. The Labute approximate surface area is 213 Å². The quantitative estimate of drug-likeness (QED) is 0.139. The van der Waals surface area contributed by atoms with Gasteiger partial charge in [-0.1, -0.05) is 70.2 Å². The van der Waals surface area contributed by atoms with Crippen molar-refractivity contribution in [3.05, 3.63) is 99.0 Å². The number of hydrogen-bond donors (Lipinski definition) is 1. The van der Waals surface area contributed by atoms with E-state index < -0.39 is 4.92 Å². The number of nitro benzene ring substituents is 1. The van der Waals surface area contributed by atoms with E-state index in [0.29, 0.717) is 22.3 Å². The first-order valence-electron chi connectivity index (χ1n) is 10.4. The number of halogens is 1. The third-order valence-electron chi connectivity index (χ3n) is 4.91. The Bertz CT molecular complexity index is 1390. The Kier molecular flexibility index (Phi) is 7.68. The van der Waals surface area contributed by atoms with Crippen molar-refractivity contribution in [2.24, 2.45) is 5.10 Å². The van der Waals surface area contributed by atoms with E-state index in [-0.39, 0.29) is 17.3 Å². The summed E-state index contributed by atoms with van der Waals surface area (Å²) in [5.41, 5.74) is 5.22. The van der Waals surface area contributed by atoms with Crippen molar-refractivity contribution in [1.29, 1.82) is 0 Å². The number of nitrogens with zero attached hydrogens (tertiary/aromatic N) is 5. The fraction of sp³-hybridized carbons (Fsp3) is 0.0833. The number of nitrogens with one attached hydrogen (secondary N) is 1. The molecule has 4 rings (SSSR count). The molecule has 0 aliphatic rings. The number of carbonyl (C=O) groups is 1. The largest absolute Gasteiger partial charge is 0.272 e. The highest BCUT2D eigenvalue weighted by Gasteiger charge is 2.17. The summed E-state index contributed by atoms with van der Waals surface area (Å²) in [6, 6.07) is 23.5. The fourth-order valence-corrected chi connectivity index (χ4v) is 4.19. The number of thioether (sulfide) groups is 1. The molecule has 1 heterocycles. The summed E-state index contributed by atoms with van der Waals surface area (Å²) in [7, 11) is 0. The van der Waals surface area contributed by atoms with Crippen LogP contribution in [0.25, 0.3) is 17.1 Å². The summed E-state index contributed by atoms with van der Waals surface area (Å²) in [4.78, 5) is 23.0. The number of aromatic nitrogens is 3. The van der Waals surface area contributed by atoms with Gasteiger partial charge in [-0.05, 0) is 31.2 Å². The molecular weight excluding hydrogens is 532 g/mol.